The van der Waals surface area contributed by atoms with Gasteiger partial charge in [0.2, 0.25) is 0 Å². The van der Waals surface area contributed by atoms with Gasteiger partial charge >= 0.3 is 0 Å². The fourth-order valence-corrected chi connectivity index (χ4v) is 4.63. The van der Waals surface area contributed by atoms with Crippen LogP contribution in [0.5, 0.6) is 0 Å². The first-order chi connectivity index (χ1) is 10.7. The molecule has 2 saturated heterocycles. The molecule has 1 aromatic rings. The fourth-order valence-electron chi connectivity index (χ4n) is 4.63. The van der Waals surface area contributed by atoms with Crippen LogP contribution in [0.3, 0.4) is 0 Å². The molecular formula is C17H28N4O. The molecule has 1 aromatic heterocycles. The van der Waals surface area contributed by atoms with Crippen molar-refractivity contribution in [2.45, 2.75) is 77.0 Å². The first-order valence-electron chi connectivity index (χ1n) is 8.98. The molecule has 4 heterocycles. The van der Waals surface area contributed by atoms with Gasteiger partial charge in [0.25, 0.3) is 0 Å². The number of hydrogen-bond acceptors (Lipinski definition) is 4. The normalized spacial score (nSPS) is 29.8. The molecule has 122 valence electrons. The van der Waals surface area contributed by atoms with Gasteiger partial charge in [-0.15, -0.1) is 10.2 Å². The lowest BCUT2D eigenvalue weighted by atomic mass is 10.0. The predicted molar refractivity (Wildman–Crippen MR) is 84.8 cm³/mol. The number of nitrogens with zero attached hydrogens (tertiary/aromatic N) is 4. The smallest absolute Gasteiger partial charge is 0.134 e. The summed E-state index contributed by atoms with van der Waals surface area (Å²) in [5, 5.41) is 9.02. The van der Waals surface area contributed by atoms with E-state index in [2.05, 4.69) is 33.5 Å². The minimum Gasteiger partial charge on any atom is -0.381 e. The lowest BCUT2D eigenvalue weighted by molar-refractivity contribution is 0.0136. The third-order valence-electron chi connectivity index (χ3n) is 5.60. The third-order valence-corrected chi connectivity index (χ3v) is 5.60. The van der Waals surface area contributed by atoms with Crippen LogP contribution in [0, 0.1) is 5.92 Å². The topological polar surface area (TPSA) is 43.2 Å². The summed E-state index contributed by atoms with van der Waals surface area (Å²) in [6, 6.07) is 2.07. The Kier molecular flexibility index (Phi) is 3.95. The van der Waals surface area contributed by atoms with Crippen LogP contribution in [0.2, 0.25) is 0 Å². The molecule has 0 radical (unpaired) electrons. The molecule has 0 saturated carbocycles. The van der Waals surface area contributed by atoms with E-state index in [0.717, 1.165) is 38.6 Å². The van der Waals surface area contributed by atoms with Crippen LogP contribution in [-0.2, 0) is 24.1 Å². The molecule has 22 heavy (non-hydrogen) atoms. The first-order valence-corrected chi connectivity index (χ1v) is 8.98. The van der Waals surface area contributed by atoms with Gasteiger partial charge in [0.15, 0.2) is 0 Å². The van der Waals surface area contributed by atoms with E-state index < -0.39 is 0 Å². The number of rotatable bonds is 3. The van der Waals surface area contributed by atoms with E-state index in [4.69, 9.17) is 4.74 Å². The van der Waals surface area contributed by atoms with Gasteiger partial charge in [-0.3, -0.25) is 4.90 Å². The summed E-state index contributed by atoms with van der Waals surface area (Å²) in [6.07, 6.45) is 7.19. The second kappa shape index (κ2) is 5.93. The van der Waals surface area contributed by atoms with Crippen molar-refractivity contribution in [3.05, 3.63) is 11.6 Å². The van der Waals surface area contributed by atoms with Gasteiger partial charge in [0.05, 0.1) is 0 Å². The van der Waals surface area contributed by atoms with Gasteiger partial charge in [-0.2, -0.15) is 0 Å². The quantitative estimate of drug-likeness (QED) is 0.857. The van der Waals surface area contributed by atoms with Gasteiger partial charge in [-0.05, 0) is 31.6 Å². The van der Waals surface area contributed by atoms with E-state index in [1.54, 1.807) is 0 Å². The molecule has 2 fully saturated rings. The monoisotopic (exact) mass is 304 g/mol. The molecule has 3 aliphatic heterocycles. The molecule has 0 N–H and O–H groups in total. The summed E-state index contributed by atoms with van der Waals surface area (Å²) in [4.78, 5) is 2.83. The highest BCUT2D eigenvalue weighted by molar-refractivity contribution is 5.07. The molecule has 2 unspecified atom stereocenters. The highest BCUT2D eigenvalue weighted by atomic mass is 16.5. The summed E-state index contributed by atoms with van der Waals surface area (Å²) >= 11 is 0. The number of ether oxygens (including phenoxy) is 1. The zero-order valence-corrected chi connectivity index (χ0v) is 13.9. The van der Waals surface area contributed by atoms with E-state index in [1.165, 1.54) is 37.3 Å². The highest BCUT2D eigenvalue weighted by Gasteiger charge is 2.42. The molecule has 2 atom stereocenters. The van der Waals surface area contributed by atoms with Gasteiger partial charge in [-0.1, -0.05) is 13.8 Å². The van der Waals surface area contributed by atoms with Crippen LogP contribution in [0.25, 0.3) is 0 Å². The second-order valence-electron chi connectivity index (χ2n) is 7.62. The third kappa shape index (κ3) is 2.58. The van der Waals surface area contributed by atoms with Gasteiger partial charge in [0, 0.05) is 50.7 Å². The van der Waals surface area contributed by atoms with Crippen LogP contribution >= 0.6 is 0 Å². The largest absolute Gasteiger partial charge is 0.381 e. The molecule has 5 nitrogen and oxygen atoms in total. The zero-order valence-electron chi connectivity index (χ0n) is 13.9. The van der Waals surface area contributed by atoms with Gasteiger partial charge < -0.3 is 9.30 Å². The lowest BCUT2D eigenvalue weighted by Gasteiger charge is -2.38. The Bertz CT molecular complexity index is 521. The van der Waals surface area contributed by atoms with E-state index in [9.17, 15) is 0 Å². The van der Waals surface area contributed by atoms with Gasteiger partial charge in [0.1, 0.15) is 11.6 Å². The van der Waals surface area contributed by atoms with Crippen molar-refractivity contribution in [1.29, 1.82) is 0 Å². The van der Waals surface area contributed by atoms with E-state index in [-0.39, 0.29) is 0 Å². The average Bonchev–Trinajstić information content (AvgIpc) is 3.00. The van der Waals surface area contributed by atoms with E-state index >= 15 is 0 Å². The minimum absolute atomic E-state index is 0.639. The van der Waals surface area contributed by atoms with Crippen molar-refractivity contribution in [1.82, 2.24) is 19.7 Å². The minimum atomic E-state index is 0.639. The Morgan fingerprint density at radius 2 is 1.82 bits per heavy atom. The van der Waals surface area contributed by atoms with Crippen LogP contribution in [0.1, 0.15) is 51.2 Å². The Hall–Kier alpha value is -0.940. The second-order valence-corrected chi connectivity index (χ2v) is 7.62. The van der Waals surface area contributed by atoms with Crippen LogP contribution in [-0.4, -0.2) is 51.0 Å². The molecule has 3 aliphatic rings. The summed E-state index contributed by atoms with van der Waals surface area (Å²) in [5.74, 6) is 3.06. The molecule has 0 amide bonds. The summed E-state index contributed by atoms with van der Waals surface area (Å²) in [6.45, 7) is 7.49. The number of hydrogen-bond donors (Lipinski definition) is 0. The summed E-state index contributed by atoms with van der Waals surface area (Å²) in [5.41, 5.74) is 0. The molecule has 2 bridgehead atoms. The highest BCUT2D eigenvalue weighted by Crippen LogP contribution is 2.35. The van der Waals surface area contributed by atoms with Crippen molar-refractivity contribution < 1.29 is 4.74 Å². The maximum atomic E-state index is 5.57. The Labute approximate surface area is 133 Å². The van der Waals surface area contributed by atoms with Crippen molar-refractivity contribution >= 4 is 0 Å². The maximum Gasteiger partial charge on any atom is 0.134 e. The van der Waals surface area contributed by atoms with Crippen molar-refractivity contribution in [2.24, 2.45) is 5.92 Å². The van der Waals surface area contributed by atoms with E-state index in [0.29, 0.717) is 18.0 Å². The Morgan fingerprint density at radius 3 is 2.59 bits per heavy atom. The first kappa shape index (κ1) is 14.6. The molecule has 5 heteroatoms. The number of fused-ring (bicyclic) bond motifs is 3. The Balaban J connectivity index is 1.58. The van der Waals surface area contributed by atoms with Crippen molar-refractivity contribution in [2.75, 3.05) is 13.2 Å². The predicted octanol–water partition coefficient (Wildman–Crippen LogP) is 2.04. The molecule has 0 aliphatic carbocycles. The molecule has 0 aromatic carbocycles. The number of aromatic nitrogens is 3. The Morgan fingerprint density at radius 1 is 1.05 bits per heavy atom. The fraction of sp³-hybridized carbons (Fsp3) is 0.882. The lowest BCUT2D eigenvalue weighted by Crippen LogP contribution is -2.47. The molecule has 4 rings (SSSR count). The van der Waals surface area contributed by atoms with Crippen LogP contribution < -0.4 is 0 Å². The molecule has 0 spiro atoms. The molecular weight excluding hydrogens is 276 g/mol. The van der Waals surface area contributed by atoms with Crippen LogP contribution in [0.15, 0.2) is 0 Å². The maximum absolute atomic E-state index is 5.57. The zero-order chi connectivity index (χ0) is 15.1. The van der Waals surface area contributed by atoms with Crippen molar-refractivity contribution in [3.63, 3.8) is 0 Å². The van der Waals surface area contributed by atoms with Crippen molar-refractivity contribution in [3.8, 4) is 0 Å². The van der Waals surface area contributed by atoms with Crippen LogP contribution in [0.4, 0.5) is 0 Å². The average molecular weight is 304 g/mol. The standard InChI is InChI=1S/C17H28N4O/c1-12(2)9-16-18-19-17-10-14-3-4-15(11-20(16)17)21(14)13-5-7-22-8-6-13/h12-15H,3-11H2,1-2H3. The summed E-state index contributed by atoms with van der Waals surface area (Å²) < 4.78 is 8.01. The SMILES string of the molecule is CC(C)Cc1nnc2n1CC1CCC(C2)N1C1CCOCC1. The van der Waals surface area contributed by atoms with Gasteiger partial charge in [-0.25, -0.2) is 0 Å². The summed E-state index contributed by atoms with van der Waals surface area (Å²) in [7, 11) is 0. The van der Waals surface area contributed by atoms with E-state index in [1.807, 2.05) is 0 Å².